The van der Waals surface area contributed by atoms with Crippen LogP contribution in [0.4, 0.5) is 4.39 Å². The summed E-state index contributed by atoms with van der Waals surface area (Å²) in [5.41, 5.74) is 0.587. The molecule has 1 aromatic heterocycles. The van der Waals surface area contributed by atoms with E-state index in [0.717, 1.165) is 0 Å². The summed E-state index contributed by atoms with van der Waals surface area (Å²) in [7, 11) is 1.27. The van der Waals surface area contributed by atoms with Crippen LogP contribution in [-0.4, -0.2) is 19.0 Å². The smallest absolute Gasteiger partial charge is 0.307 e. The van der Waals surface area contributed by atoms with E-state index in [4.69, 9.17) is 25.5 Å². The van der Waals surface area contributed by atoms with Gasteiger partial charge in [0.1, 0.15) is 23.9 Å². The van der Waals surface area contributed by atoms with Crippen molar-refractivity contribution in [3.63, 3.8) is 0 Å². The molecule has 0 saturated carbocycles. The number of esters is 1. The molecule has 1 unspecified atom stereocenters. The van der Waals surface area contributed by atoms with Gasteiger partial charge in [-0.1, -0.05) is 29.8 Å². The van der Waals surface area contributed by atoms with Crippen LogP contribution in [0.25, 0.3) is 0 Å². The number of methoxy groups -OCH3 is 1. The Kier molecular flexibility index (Phi) is 7.08. The van der Waals surface area contributed by atoms with Gasteiger partial charge in [-0.25, -0.2) is 4.39 Å². The minimum atomic E-state index is -0.692. The van der Waals surface area contributed by atoms with E-state index in [1.54, 1.807) is 30.3 Å². The number of benzene rings is 2. The van der Waals surface area contributed by atoms with Crippen molar-refractivity contribution in [3.8, 4) is 5.75 Å². The first kappa shape index (κ1) is 21.4. The number of hydrogen-bond acceptors (Lipinski definition) is 5. The zero-order valence-electron chi connectivity index (χ0n) is 16.1. The average molecular weight is 432 g/mol. The zero-order chi connectivity index (χ0) is 21.5. The molecular formula is C22H19ClFNO5. The summed E-state index contributed by atoms with van der Waals surface area (Å²) in [6.07, 6.45) is -0.0901. The normalized spacial score (nSPS) is 11.6. The van der Waals surface area contributed by atoms with Gasteiger partial charge in [0.2, 0.25) is 0 Å². The third-order valence-corrected chi connectivity index (χ3v) is 4.61. The molecule has 0 aliphatic rings. The molecule has 0 aliphatic carbocycles. The van der Waals surface area contributed by atoms with Crippen LogP contribution in [0.1, 0.15) is 34.3 Å². The molecule has 1 atom stereocenters. The maximum atomic E-state index is 12.9. The van der Waals surface area contributed by atoms with Gasteiger partial charge in [0, 0.05) is 5.02 Å². The molecule has 156 valence electrons. The standard InChI is InChI=1S/C22H19ClFNO5/c1-28-21(26)12-19(17-4-2-3-5-18(17)23)25-22(27)20-11-10-16(30-20)13-29-15-8-6-14(24)7-9-15/h2-11,19H,12-13H2,1H3,(H,25,27). The van der Waals surface area contributed by atoms with E-state index >= 15 is 0 Å². The fraction of sp³-hybridized carbons (Fsp3) is 0.182. The van der Waals surface area contributed by atoms with Gasteiger partial charge in [0.05, 0.1) is 19.6 Å². The maximum Gasteiger partial charge on any atom is 0.307 e. The fourth-order valence-corrected chi connectivity index (χ4v) is 3.01. The first-order chi connectivity index (χ1) is 14.5. The lowest BCUT2D eigenvalue weighted by atomic mass is 10.0. The summed E-state index contributed by atoms with van der Waals surface area (Å²) in [4.78, 5) is 24.4. The van der Waals surface area contributed by atoms with Crippen molar-refractivity contribution in [1.29, 1.82) is 0 Å². The van der Waals surface area contributed by atoms with Gasteiger partial charge in [-0.3, -0.25) is 9.59 Å². The Bertz CT molecular complexity index is 1020. The molecule has 0 aliphatic heterocycles. The summed E-state index contributed by atoms with van der Waals surface area (Å²) in [6, 6.07) is 14.9. The van der Waals surface area contributed by atoms with Crippen LogP contribution in [0.5, 0.6) is 5.75 Å². The molecule has 1 N–H and O–H groups in total. The Hall–Kier alpha value is -3.32. The molecule has 6 nitrogen and oxygen atoms in total. The van der Waals surface area contributed by atoms with Crippen molar-refractivity contribution in [2.75, 3.05) is 7.11 Å². The maximum absolute atomic E-state index is 12.9. The van der Waals surface area contributed by atoms with Gasteiger partial charge in [0.15, 0.2) is 5.76 Å². The van der Waals surface area contributed by atoms with E-state index < -0.39 is 17.9 Å². The predicted octanol–water partition coefficient (Wildman–Crippen LogP) is 4.69. The summed E-state index contributed by atoms with van der Waals surface area (Å²) >= 11 is 6.22. The molecule has 1 heterocycles. The molecule has 0 spiro atoms. The van der Waals surface area contributed by atoms with E-state index in [1.165, 1.54) is 37.4 Å². The van der Waals surface area contributed by atoms with Crippen molar-refractivity contribution >= 4 is 23.5 Å². The monoisotopic (exact) mass is 431 g/mol. The Morgan fingerprint density at radius 1 is 1.10 bits per heavy atom. The van der Waals surface area contributed by atoms with Crippen molar-refractivity contribution in [2.45, 2.75) is 19.1 Å². The minimum Gasteiger partial charge on any atom is -0.486 e. The van der Waals surface area contributed by atoms with Crippen LogP contribution in [0.15, 0.2) is 65.1 Å². The number of amides is 1. The molecule has 30 heavy (non-hydrogen) atoms. The number of rotatable bonds is 8. The number of carbonyl (C=O) groups excluding carboxylic acids is 2. The number of ether oxygens (including phenoxy) is 2. The molecule has 0 radical (unpaired) electrons. The second-order valence-electron chi connectivity index (χ2n) is 6.34. The molecular weight excluding hydrogens is 413 g/mol. The van der Waals surface area contributed by atoms with Gasteiger partial charge in [0.25, 0.3) is 5.91 Å². The molecule has 0 saturated heterocycles. The molecule has 3 rings (SSSR count). The highest BCUT2D eigenvalue weighted by atomic mass is 35.5. The van der Waals surface area contributed by atoms with Gasteiger partial charge >= 0.3 is 5.97 Å². The van der Waals surface area contributed by atoms with Gasteiger partial charge in [-0.05, 0) is 48.0 Å². The topological polar surface area (TPSA) is 77.8 Å². The lowest BCUT2D eigenvalue weighted by molar-refractivity contribution is -0.141. The first-order valence-electron chi connectivity index (χ1n) is 9.05. The highest BCUT2D eigenvalue weighted by Gasteiger charge is 2.23. The number of hydrogen-bond donors (Lipinski definition) is 1. The van der Waals surface area contributed by atoms with Crippen LogP contribution in [0.2, 0.25) is 5.02 Å². The number of nitrogens with one attached hydrogen (secondary N) is 1. The summed E-state index contributed by atoms with van der Waals surface area (Å²) in [5.74, 6) is -0.443. The largest absolute Gasteiger partial charge is 0.486 e. The molecule has 1 amide bonds. The van der Waals surface area contributed by atoms with E-state index in [-0.39, 0.29) is 24.6 Å². The molecule has 2 aromatic carbocycles. The third-order valence-electron chi connectivity index (χ3n) is 4.26. The van der Waals surface area contributed by atoms with Crippen LogP contribution in [0, 0.1) is 5.82 Å². The van der Waals surface area contributed by atoms with Crippen LogP contribution >= 0.6 is 11.6 Å². The van der Waals surface area contributed by atoms with E-state index in [1.807, 2.05) is 0 Å². The second kappa shape index (κ2) is 9.93. The van der Waals surface area contributed by atoms with Gasteiger partial charge < -0.3 is 19.2 Å². The lowest BCUT2D eigenvalue weighted by Gasteiger charge is -2.18. The quantitative estimate of drug-likeness (QED) is 0.524. The van der Waals surface area contributed by atoms with E-state index in [0.29, 0.717) is 22.1 Å². The lowest BCUT2D eigenvalue weighted by Crippen LogP contribution is -2.30. The van der Waals surface area contributed by atoms with Gasteiger partial charge in [-0.15, -0.1) is 0 Å². The van der Waals surface area contributed by atoms with E-state index in [9.17, 15) is 14.0 Å². The Morgan fingerprint density at radius 3 is 2.53 bits per heavy atom. The van der Waals surface area contributed by atoms with Crippen LogP contribution in [0.3, 0.4) is 0 Å². The van der Waals surface area contributed by atoms with Crippen LogP contribution in [-0.2, 0) is 16.1 Å². The molecule has 0 bridgehead atoms. The fourth-order valence-electron chi connectivity index (χ4n) is 2.74. The highest BCUT2D eigenvalue weighted by Crippen LogP contribution is 2.26. The predicted molar refractivity (Wildman–Crippen MR) is 108 cm³/mol. The van der Waals surface area contributed by atoms with E-state index in [2.05, 4.69) is 5.32 Å². The van der Waals surface area contributed by atoms with Crippen LogP contribution < -0.4 is 10.1 Å². The summed E-state index contributed by atoms with van der Waals surface area (Å²) < 4.78 is 28.7. The Balaban J connectivity index is 1.67. The van der Waals surface area contributed by atoms with Crippen molar-refractivity contribution < 1.29 is 27.9 Å². The molecule has 3 aromatic rings. The second-order valence-corrected chi connectivity index (χ2v) is 6.74. The summed E-state index contributed by atoms with van der Waals surface area (Å²) in [6.45, 7) is 0.0645. The van der Waals surface area contributed by atoms with Gasteiger partial charge in [-0.2, -0.15) is 0 Å². The van der Waals surface area contributed by atoms with Crippen molar-refractivity contribution in [3.05, 3.63) is 88.6 Å². The highest BCUT2D eigenvalue weighted by molar-refractivity contribution is 6.31. The summed E-state index contributed by atoms with van der Waals surface area (Å²) in [5, 5.41) is 3.16. The zero-order valence-corrected chi connectivity index (χ0v) is 16.8. The minimum absolute atomic E-state index is 0.0506. The SMILES string of the molecule is COC(=O)CC(NC(=O)c1ccc(COc2ccc(F)cc2)o1)c1ccccc1Cl. The Morgan fingerprint density at radius 2 is 1.83 bits per heavy atom. The van der Waals surface area contributed by atoms with Crippen molar-refractivity contribution in [1.82, 2.24) is 5.32 Å². The average Bonchev–Trinajstić information content (AvgIpc) is 3.22. The first-order valence-corrected chi connectivity index (χ1v) is 9.43. The van der Waals surface area contributed by atoms with Crippen molar-refractivity contribution in [2.24, 2.45) is 0 Å². The number of halogens is 2. The molecule has 0 fully saturated rings. The number of furan rings is 1. The number of carbonyl (C=O) groups is 2. The Labute approximate surface area is 177 Å². The third kappa shape index (κ3) is 5.61. The molecule has 8 heteroatoms.